The number of rotatable bonds is 16. The average molecular weight is 588 g/mol. The van der Waals surface area contributed by atoms with E-state index in [9.17, 15) is 4.79 Å². The topological polar surface area (TPSA) is 88.6 Å². The van der Waals surface area contributed by atoms with Crippen LogP contribution in [0.4, 0.5) is 10.1 Å². The molecule has 1 atom stereocenters. The summed E-state index contributed by atoms with van der Waals surface area (Å²) in [4.78, 5) is 35.4. The maximum absolute atomic E-state index is 13.6. The normalized spacial score (nSPS) is 14.9. The van der Waals surface area contributed by atoms with E-state index in [4.69, 9.17) is 20.1 Å². The van der Waals surface area contributed by atoms with Crippen molar-refractivity contribution in [2.75, 3.05) is 24.5 Å². The molecule has 0 spiro atoms. The predicted molar refractivity (Wildman–Crippen MR) is 176 cm³/mol. The maximum Gasteiger partial charge on any atom is 0.278 e. The fourth-order valence-electron chi connectivity index (χ4n) is 5.19. The number of aromatic nitrogens is 4. The molecule has 3 aromatic rings. The number of carbonyl (C=O) groups excluding carboxylic acids is 1. The second kappa shape index (κ2) is 15.1. The molecule has 0 aliphatic carbocycles. The number of benzene rings is 1. The van der Waals surface area contributed by atoms with Crippen LogP contribution in [0.25, 0.3) is 11.3 Å². The van der Waals surface area contributed by atoms with E-state index in [1.165, 1.54) is 4.68 Å². The van der Waals surface area contributed by atoms with Gasteiger partial charge in [0.1, 0.15) is 16.4 Å². The molecule has 1 aliphatic rings. The number of unbranched alkanes of at least 4 members (excludes halogenated alkanes) is 3. The van der Waals surface area contributed by atoms with Gasteiger partial charge in [-0.25, -0.2) is 15.0 Å². The van der Waals surface area contributed by atoms with Gasteiger partial charge in [-0.1, -0.05) is 95.0 Å². The highest BCUT2D eigenvalue weighted by Crippen LogP contribution is 2.41. The van der Waals surface area contributed by atoms with Gasteiger partial charge >= 0.3 is 0 Å². The Balaban J connectivity index is 1.89. The van der Waals surface area contributed by atoms with E-state index in [0.717, 1.165) is 91.4 Å². The van der Waals surface area contributed by atoms with Crippen molar-refractivity contribution in [1.82, 2.24) is 19.7 Å². The summed E-state index contributed by atoms with van der Waals surface area (Å²) in [5, 5.41) is 6.53. The quantitative estimate of drug-likeness (QED) is 0.157. The molecule has 1 unspecified atom stereocenters. The monoisotopic (exact) mass is 587 g/mol. The Labute approximate surface area is 254 Å². The highest BCUT2D eigenvalue weighted by Gasteiger charge is 2.33. The summed E-state index contributed by atoms with van der Waals surface area (Å²) in [6.07, 6.45) is 8.58. The predicted octanol–water partition coefficient (Wildman–Crippen LogP) is 8.28. The molecule has 224 valence electrons. The third kappa shape index (κ3) is 6.94. The van der Waals surface area contributed by atoms with Crippen molar-refractivity contribution < 1.29 is 4.79 Å². The van der Waals surface area contributed by atoms with Gasteiger partial charge in [0, 0.05) is 30.1 Å². The van der Waals surface area contributed by atoms with Crippen molar-refractivity contribution in [1.29, 1.82) is 0 Å². The lowest BCUT2D eigenvalue weighted by atomic mass is 9.98. The number of anilines is 1. The smallest absolute Gasteiger partial charge is 0.278 e. The van der Waals surface area contributed by atoms with Gasteiger partial charge < -0.3 is 4.90 Å². The lowest BCUT2D eigenvalue weighted by Gasteiger charge is -2.21. The highest BCUT2D eigenvalue weighted by molar-refractivity contribution is 7.19. The summed E-state index contributed by atoms with van der Waals surface area (Å²) >= 11 is 1.60. The van der Waals surface area contributed by atoms with Gasteiger partial charge in [0.25, 0.3) is 5.91 Å². The minimum Gasteiger partial charge on any atom is -0.348 e. The van der Waals surface area contributed by atoms with Gasteiger partial charge in [0.15, 0.2) is 16.8 Å². The summed E-state index contributed by atoms with van der Waals surface area (Å²) in [6, 6.07) is 10.2. The van der Waals surface area contributed by atoms with Crippen molar-refractivity contribution in [3.8, 4) is 11.3 Å². The fraction of sp³-hybridized carbons (Fsp3) is 0.515. The fourth-order valence-corrected chi connectivity index (χ4v) is 6.21. The van der Waals surface area contributed by atoms with Gasteiger partial charge in [-0.15, -0.1) is 5.10 Å². The second-order valence-electron chi connectivity index (χ2n) is 10.9. The van der Waals surface area contributed by atoms with E-state index in [1.54, 1.807) is 11.3 Å². The van der Waals surface area contributed by atoms with Crippen LogP contribution in [0.2, 0.25) is 0 Å². The molecule has 0 bridgehead atoms. The minimum absolute atomic E-state index is 0.193. The van der Waals surface area contributed by atoms with E-state index in [2.05, 4.69) is 56.4 Å². The lowest BCUT2D eigenvalue weighted by Crippen LogP contribution is -2.30. The third-order valence-corrected chi connectivity index (χ3v) is 8.83. The first-order valence-corrected chi connectivity index (χ1v) is 16.3. The molecule has 0 N–H and O–H groups in total. The van der Waals surface area contributed by atoms with E-state index in [-0.39, 0.29) is 18.4 Å². The summed E-state index contributed by atoms with van der Waals surface area (Å²) in [5.74, 6) is 1.20. The first kappa shape index (κ1) is 31.5. The van der Waals surface area contributed by atoms with E-state index in [0.29, 0.717) is 22.9 Å². The molecule has 0 amide bonds. The van der Waals surface area contributed by atoms with Gasteiger partial charge in [0.2, 0.25) is 0 Å². The Bertz CT molecular complexity index is 1410. The molecule has 0 fully saturated rings. The van der Waals surface area contributed by atoms with Crippen molar-refractivity contribution in [3.63, 3.8) is 0 Å². The first-order valence-electron chi connectivity index (χ1n) is 15.5. The van der Waals surface area contributed by atoms with Crippen molar-refractivity contribution in [2.24, 2.45) is 9.98 Å². The molecular formula is C33H45N7OS. The van der Waals surface area contributed by atoms with E-state index in [1.807, 2.05) is 25.1 Å². The number of hydrogen-bond donors (Lipinski definition) is 0. The molecule has 2 aromatic heterocycles. The van der Waals surface area contributed by atoms with Crippen molar-refractivity contribution in [3.05, 3.63) is 53.1 Å². The molecule has 42 heavy (non-hydrogen) atoms. The zero-order valence-electron chi connectivity index (χ0n) is 25.9. The van der Waals surface area contributed by atoms with Gasteiger partial charge in [-0.2, -0.15) is 4.68 Å². The van der Waals surface area contributed by atoms with Crippen LogP contribution in [-0.2, 0) is 0 Å². The van der Waals surface area contributed by atoms with Crippen LogP contribution in [0.1, 0.15) is 108 Å². The Morgan fingerprint density at radius 1 is 1.00 bits per heavy atom. The summed E-state index contributed by atoms with van der Waals surface area (Å²) in [7, 11) is 0. The number of nitrogens with zero attached hydrogens (tertiary/aromatic N) is 7. The number of allylic oxidation sites excluding steroid dienone is 1. The van der Waals surface area contributed by atoms with Gasteiger partial charge in [0.05, 0.1) is 6.54 Å². The molecule has 8 nitrogen and oxygen atoms in total. The van der Waals surface area contributed by atoms with E-state index >= 15 is 0 Å². The summed E-state index contributed by atoms with van der Waals surface area (Å²) < 4.78 is 1.44. The molecule has 4 rings (SSSR count). The lowest BCUT2D eigenvalue weighted by molar-refractivity contribution is 0.0934. The number of fused-ring (bicyclic) bond motifs is 1. The minimum atomic E-state index is -0.198. The van der Waals surface area contributed by atoms with Crippen LogP contribution in [0, 0.1) is 0 Å². The Morgan fingerprint density at radius 3 is 2.31 bits per heavy atom. The molecule has 0 saturated carbocycles. The summed E-state index contributed by atoms with van der Waals surface area (Å²) in [6.45, 7) is 16.5. The van der Waals surface area contributed by atoms with Crippen LogP contribution in [0.5, 0.6) is 0 Å². The van der Waals surface area contributed by atoms with E-state index < -0.39 is 0 Å². The zero-order chi connectivity index (χ0) is 30.1. The molecule has 0 saturated heterocycles. The average Bonchev–Trinajstić information content (AvgIpc) is 3.64. The molecule has 1 aromatic carbocycles. The molecular weight excluding hydrogens is 542 g/mol. The molecule has 1 aliphatic heterocycles. The molecule has 3 heterocycles. The highest BCUT2D eigenvalue weighted by atomic mass is 32.1. The molecule has 0 radical (unpaired) electrons. The van der Waals surface area contributed by atoms with Gasteiger partial charge in [-0.05, 0) is 44.9 Å². The maximum atomic E-state index is 13.6. The van der Waals surface area contributed by atoms with Crippen LogP contribution in [0.15, 0.2) is 51.5 Å². The number of carbonyl (C=O) groups is 1. The summed E-state index contributed by atoms with van der Waals surface area (Å²) in [5.41, 5.74) is 3.82. The number of aliphatic imine (C=N–C) groups is 2. The molecule has 9 heteroatoms. The Hall–Kier alpha value is -3.46. The van der Waals surface area contributed by atoms with Crippen molar-refractivity contribution >= 4 is 39.8 Å². The van der Waals surface area contributed by atoms with Crippen LogP contribution in [0.3, 0.4) is 0 Å². The standard InChI is InChI=1S/C33H45N7OS/c1-7-11-17-24(10-4)29-37-30-27(23(5)26(22-34-6)32(41)40(30)38-29)35-31-28(25-18-15-14-16-19-25)36-33(42-31)39(20-12-8-2)21-13-9-3/h14-16,18-19,24H,6-13,17,20-22H2,1-5H3/b35-27-. The zero-order valence-corrected chi connectivity index (χ0v) is 26.7. The number of thiazole rings is 1. The van der Waals surface area contributed by atoms with Crippen molar-refractivity contribution in [2.45, 2.75) is 91.9 Å². The first-order chi connectivity index (χ1) is 20.5. The number of hydrogen-bond acceptors (Lipinski definition) is 8. The third-order valence-electron chi connectivity index (χ3n) is 7.82. The largest absolute Gasteiger partial charge is 0.348 e. The second-order valence-corrected chi connectivity index (χ2v) is 11.9. The van der Waals surface area contributed by atoms with Gasteiger partial charge in [-0.3, -0.25) is 9.79 Å². The van der Waals surface area contributed by atoms with Crippen LogP contribution in [-0.4, -0.2) is 57.7 Å². The SMILES string of the molecule is C=NCC1=C(C)/C(=N/c2sc(N(CCCC)CCCC)nc2-c2ccccc2)c2nc(C(CC)CCCC)nn2C1=O. The Kier molecular flexibility index (Phi) is 11.3. The van der Waals surface area contributed by atoms with Crippen LogP contribution >= 0.6 is 11.3 Å². The van der Waals surface area contributed by atoms with Crippen LogP contribution < -0.4 is 4.90 Å². The Morgan fingerprint density at radius 2 is 1.69 bits per heavy atom.